The molecule has 0 aromatic heterocycles. The minimum atomic E-state index is -0.456. The highest BCUT2D eigenvalue weighted by Crippen LogP contribution is 2.27. The third kappa shape index (κ3) is 4.45. The molecule has 0 unspecified atom stereocenters. The summed E-state index contributed by atoms with van der Waals surface area (Å²) in [6.07, 6.45) is 1.67. The van der Waals surface area contributed by atoms with Crippen LogP contribution in [0.2, 0.25) is 5.02 Å². The number of halogens is 1. The highest BCUT2D eigenvalue weighted by Gasteiger charge is 2.13. The maximum atomic E-state index is 12.6. The molecule has 0 aliphatic heterocycles. The van der Waals surface area contributed by atoms with E-state index in [2.05, 4.69) is 10.5 Å². The van der Waals surface area contributed by atoms with Crippen LogP contribution in [-0.4, -0.2) is 12.2 Å². The molecule has 142 valence electrons. The van der Waals surface area contributed by atoms with Gasteiger partial charge >= 0.3 is 5.97 Å². The highest BCUT2D eigenvalue weighted by molar-refractivity contribution is 6.30. The van der Waals surface area contributed by atoms with Gasteiger partial charge in [-0.15, -0.1) is 0 Å². The van der Waals surface area contributed by atoms with Crippen molar-refractivity contribution in [3.63, 3.8) is 0 Å². The number of nitrogens with zero attached hydrogens (tertiary/aromatic N) is 1. The summed E-state index contributed by atoms with van der Waals surface area (Å²) in [6, 6.07) is 27.8. The Bertz CT molecular complexity index is 1170. The van der Waals surface area contributed by atoms with Crippen molar-refractivity contribution in [3.05, 3.63) is 107 Å². The quantitative estimate of drug-likeness (QED) is 0.189. The van der Waals surface area contributed by atoms with Crippen molar-refractivity contribution < 1.29 is 9.53 Å². The van der Waals surface area contributed by atoms with Crippen LogP contribution in [-0.2, 0) is 0 Å². The van der Waals surface area contributed by atoms with E-state index in [0.717, 1.165) is 16.5 Å². The average molecular weight is 401 g/mol. The summed E-state index contributed by atoms with van der Waals surface area (Å²) in [5, 5.41) is 6.86. The first kappa shape index (κ1) is 18.7. The lowest BCUT2D eigenvalue weighted by Crippen LogP contribution is -2.10. The summed E-state index contributed by atoms with van der Waals surface area (Å²) in [6.45, 7) is 0. The van der Waals surface area contributed by atoms with Crippen LogP contribution in [0.5, 0.6) is 5.75 Å². The number of rotatable bonds is 5. The molecule has 29 heavy (non-hydrogen) atoms. The van der Waals surface area contributed by atoms with Crippen LogP contribution in [0.15, 0.2) is 96.1 Å². The Morgan fingerprint density at radius 2 is 1.59 bits per heavy atom. The van der Waals surface area contributed by atoms with Crippen LogP contribution in [0.3, 0.4) is 0 Å². The monoisotopic (exact) mass is 400 g/mol. The largest absolute Gasteiger partial charge is 0.422 e. The van der Waals surface area contributed by atoms with E-state index in [4.69, 9.17) is 16.3 Å². The van der Waals surface area contributed by atoms with Crippen LogP contribution >= 0.6 is 11.6 Å². The van der Waals surface area contributed by atoms with Gasteiger partial charge in [-0.2, -0.15) is 5.10 Å². The minimum absolute atomic E-state index is 0.424. The maximum absolute atomic E-state index is 12.6. The van der Waals surface area contributed by atoms with Crippen molar-refractivity contribution in [1.29, 1.82) is 0 Å². The third-order valence-electron chi connectivity index (χ3n) is 4.37. The van der Waals surface area contributed by atoms with Crippen molar-refractivity contribution in [2.24, 2.45) is 5.10 Å². The Morgan fingerprint density at radius 3 is 2.38 bits per heavy atom. The lowest BCUT2D eigenvalue weighted by Gasteiger charge is -2.11. The molecular formula is C24H17ClN2O2. The molecule has 0 atom stereocenters. The second kappa shape index (κ2) is 8.59. The van der Waals surface area contributed by atoms with Gasteiger partial charge in [-0.3, -0.25) is 5.43 Å². The summed E-state index contributed by atoms with van der Waals surface area (Å²) in [5.41, 5.74) is 5.00. The molecule has 0 heterocycles. The molecule has 0 fully saturated rings. The molecule has 0 bridgehead atoms. The predicted octanol–water partition coefficient (Wildman–Crippen LogP) is 6.16. The number of ether oxygens (including phenoxy) is 1. The smallest absolute Gasteiger partial charge is 0.343 e. The van der Waals surface area contributed by atoms with Crippen molar-refractivity contribution in [3.8, 4) is 5.75 Å². The molecule has 0 radical (unpaired) electrons. The molecule has 0 aliphatic rings. The fourth-order valence-electron chi connectivity index (χ4n) is 2.93. The van der Waals surface area contributed by atoms with Crippen molar-refractivity contribution in [2.75, 3.05) is 5.43 Å². The molecule has 0 amide bonds. The number of esters is 1. The van der Waals surface area contributed by atoms with E-state index in [0.29, 0.717) is 21.9 Å². The minimum Gasteiger partial charge on any atom is -0.422 e. The molecule has 4 aromatic carbocycles. The van der Waals surface area contributed by atoms with Crippen molar-refractivity contribution >= 4 is 40.2 Å². The van der Waals surface area contributed by atoms with E-state index in [1.165, 1.54) is 0 Å². The number of hydrogen-bond donors (Lipinski definition) is 1. The third-order valence-corrected chi connectivity index (χ3v) is 4.63. The van der Waals surface area contributed by atoms with Gasteiger partial charge in [0.2, 0.25) is 0 Å². The zero-order valence-electron chi connectivity index (χ0n) is 15.4. The van der Waals surface area contributed by atoms with E-state index in [1.807, 2.05) is 60.7 Å². The first-order valence-corrected chi connectivity index (χ1v) is 9.42. The molecule has 1 N–H and O–H groups in total. The van der Waals surface area contributed by atoms with Gasteiger partial charge in [0.1, 0.15) is 5.75 Å². The van der Waals surface area contributed by atoms with Crippen LogP contribution < -0.4 is 10.2 Å². The topological polar surface area (TPSA) is 50.7 Å². The van der Waals surface area contributed by atoms with Gasteiger partial charge in [0.25, 0.3) is 0 Å². The Hall–Kier alpha value is -3.63. The van der Waals surface area contributed by atoms with Gasteiger partial charge in [0, 0.05) is 10.6 Å². The van der Waals surface area contributed by atoms with Crippen LogP contribution in [0.1, 0.15) is 15.9 Å². The molecular weight excluding hydrogens is 384 g/mol. The molecule has 4 aromatic rings. The first-order chi connectivity index (χ1) is 14.2. The lowest BCUT2D eigenvalue weighted by molar-refractivity contribution is 0.0735. The second-order valence-electron chi connectivity index (χ2n) is 6.33. The van der Waals surface area contributed by atoms with E-state index < -0.39 is 5.97 Å². The van der Waals surface area contributed by atoms with Crippen LogP contribution in [0, 0.1) is 0 Å². The molecule has 4 rings (SSSR count). The number of fused-ring (bicyclic) bond motifs is 1. The summed E-state index contributed by atoms with van der Waals surface area (Å²) in [5.74, 6) is -0.0233. The normalized spacial score (nSPS) is 10.9. The SMILES string of the molecule is O=C(Oc1ccc2ccccc2c1/C=N\Nc1ccccc1)c1ccc(Cl)cc1. The predicted molar refractivity (Wildman–Crippen MR) is 118 cm³/mol. The Balaban J connectivity index is 1.66. The Morgan fingerprint density at radius 1 is 0.862 bits per heavy atom. The van der Waals surface area contributed by atoms with Gasteiger partial charge in [-0.1, -0.05) is 60.1 Å². The standard InChI is InChI=1S/C24H17ClN2O2/c25-19-13-10-18(11-14-19)24(28)29-23-15-12-17-6-4-5-9-21(17)22(23)16-26-27-20-7-2-1-3-8-20/h1-16,27H/b26-16-. The van der Waals surface area contributed by atoms with Gasteiger partial charge < -0.3 is 4.74 Å². The summed E-state index contributed by atoms with van der Waals surface area (Å²) >= 11 is 5.90. The van der Waals surface area contributed by atoms with Gasteiger partial charge in [-0.05, 0) is 53.2 Å². The number of carbonyl (C=O) groups excluding carboxylic acids is 1. The van der Waals surface area contributed by atoms with Crippen molar-refractivity contribution in [1.82, 2.24) is 0 Å². The Kier molecular flexibility index (Phi) is 5.54. The number of hydrazone groups is 1. The fourth-order valence-corrected chi connectivity index (χ4v) is 3.05. The molecule has 0 aliphatic carbocycles. The van der Waals surface area contributed by atoms with Gasteiger partial charge in [-0.25, -0.2) is 4.79 Å². The number of anilines is 1. The first-order valence-electron chi connectivity index (χ1n) is 9.04. The molecule has 0 saturated carbocycles. The van der Waals surface area contributed by atoms with E-state index in [-0.39, 0.29) is 0 Å². The van der Waals surface area contributed by atoms with Crippen molar-refractivity contribution in [2.45, 2.75) is 0 Å². The summed E-state index contributed by atoms with van der Waals surface area (Å²) in [4.78, 5) is 12.6. The molecule has 5 heteroatoms. The Labute approximate surface area is 173 Å². The second-order valence-corrected chi connectivity index (χ2v) is 6.77. The number of benzene rings is 4. The maximum Gasteiger partial charge on any atom is 0.343 e. The summed E-state index contributed by atoms with van der Waals surface area (Å²) in [7, 11) is 0. The zero-order chi connectivity index (χ0) is 20.1. The van der Waals surface area contributed by atoms with Crippen LogP contribution in [0.25, 0.3) is 10.8 Å². The fraction of sp³-hybridized carbons (Fsp3) is 0. The van der Waals surface area contributed by atoms with Gasteiger partial charge in [0.05, 0.1) is 17.5 Å². The van der Waals surface area contributed by atoms with Crippen LogP contribution in [0.4, 0.5) is 5.69 Å². The lowest BCUT2D eigenvalue weighted by atomic mass is 10.0. The number of carbonyl (C=O) groups is 1. The average Bonchev–Trinajstić information content (AvgIpc) is 2.76. The number of nitrogens with one attached hydrogen (secondary N) is 1. The van der Waals surface area contributed by atoms with E-state index in [9.17, 15) is 4.79 Å². The van der Waals surface area contributed by atoms with E-state index in [1.54, 1.807) is 36.5 Å². The summed E-state index contributed by atoms with van der Waals surface area (Å²) < 4.78 is 5.68. The molecule has 0 spiro atoms. The number of para-hydroxylation sites is 1. The molecule has 4 nitrogen and oxygen atoms in total. The zero-order valence-corrected chi connectivity index (χ0v) is 16.1. The number of hydrogen-bond acceptors (Lipinski definition) is 4. The highest BCUT2D eigenvalue weighted by atomic mass is 35.5. The van der Waals surface area contributed by atoms with E-state index >= 15 is 0 Å². The molecule has 0 saturated heterocycles. The van der Waals surface area contributed by atoms with Gasteiger partial charge in [0.15, 0.2) is 0 Å².